The van der Waals surface area contributed by atoms with Crippen LogP contribution in [0.4, 0.5) is 0 Å². The van der Waals surface area contributed by atoms with Crippen LogP contribution >= 0.6 is 0 Å². The van der Waals surface area contributed by atoms with E-state index in [4.69, 9.17) is 0 Å². The zero-order valence-corrected chi connectivity index (χ0v) is 9.77. The first-order valence-corrected chi connectivity index (χ1v) is 5.06. The maximum Gasteiger partial charge on any atom is 0.161 e. The fourth-order valence-electron chi connectivity index (χ4n) is 1.41. The standard InChI is InChI=1S/C12H22O/c1-8(2)7-10(5)11(6)12(13)9(3)4/h8-9H,7H2,1-6H3. The number of carbonyl (C=O) groups excluding carboxylic acids is 1. The Hall–Kier alpha value is -0.590. The molecule has 0 amide bonds. The van der Waals surface area contributed by atoms with E-state index in [-0.39, 0.29) is 11.7 Å². The van der Waals surface area contributed by atoms with E-state index >= 15 is 0 Å². The van der Waals surface area contributed by atoms with Crippen LogP contribution in [0.5, 0.6) is 0 Å². The van der Waals surface area contributed by atoms with Crippen molar-refractivity contribution in [1.29, 1.82) is 0 Å². The van der Waals surface area contributed by atoms with Crippen LogP contribution in [0.15, 0.2) is 11.1 Å². The lowest BCUT2D eigenvalue weighted by atomic mass is 9.94. The zero-order chi connectivity index (χ0) is 10.6. The van der Waals surface area contributed by atoms with Crippen LogP contribution in [0.1, 0.15) is 48.0 Å². The Morgan fingerprint density at radius 1 is 1.08 bits per heavy atom. The van der Waals surface area contributed by atoms with E-state index in [2.05, 4.69) is 20.8 Å². The van der Waals surface area contributed by atoms with Gasteiger partial charge in [-0.1, -0.05) is 33.3 Å². The van der Waals surface area contributed by atoms with Crippen molar-refractivity contribution in [2.75, 3.05) is 0 Å². The molecule has 0 aliphatic heterocycles. The summed E-state index contributed by atoms with van der Waals surface area (Å²) in [6, 6.07) is 0. The summed E-state index contributed by atoms with van der Waals surface area (Å²) in [6.45, 7) is 12.3. The fourth-order valence-corrected chi connectivity index (χ4v) is 1.41. The predicted molar refractivity (Wildman–Crippen MR) is 57.7 cm³/mol. The van der Waals surface area contributed by atoms with Gasteiger partial charge in [0.15, 0.2) is 5.78 Å². The molecule has 0 N–H and O–H groups in total. The van der Waals surface area contributed by atoms with E-state index in [1.165, 1.54) is 5.57 Å². The Bertz CT molecular complexity index is 209. The molecule has 0 aromatic heterocycles. The van der Waals surface area contributed by atoms with Crippen LogP contribution in [0.25, 0.3) is 0 Å². The van der Waals surface area contributed by atoms with Crippen molar-refractivity contribution in [2.45, 2.75) is 48.0 Å². The second-order valence-electron chi connectivity index (χ2n) is 4.52. The molecule has 0 spiro atoms. The van der Waals surface area contributed by atoms with Crippen molar-refractivity contribution in [2.24, 2.45) is 11.8 Å². The third kappa shape index (κ3) is 4.25. The number of Topliss-reactive ketones (excluding diaryl/α,β-unsaturated/α-hetero) is 1. The minimum absolute atomic E-state index is 0.127. The van der Waals surface area contributed by atoms with Gasteiger partial charge in [0.05, 0.1) is 0 Å². The summed E-state index contributed by atoms with van der Waals surface area (Å²) in [6.07, 6.45) is 1.03. The molecule has 76 valence electrons. The number of ketones is 1. The third-order valence-corrected chi connectivity index (χ3v) is 2.25. The van der Waals surface area contributed by atoms with Crippen molar-refractivity contribution >= 4 is 5.78 Å². The Balaban J connectivity index is 4.52. The molecule has 0 aliphatic carbocycles. The van der Waals surface area contributed by atoms with Crippen LogP contribution < -0.4 is 0 Å². The maximum absolute atomic E-state index is 11.6. The molecule has 0 aromatic carbocycles. The van der Waals surface area contributed by atoms with Gasteiger partial charge in [-0.2, -0.15) is 0 Å². The normalized spacial score (nSPS) is 13.5. The number of allylic oxidation sites excluding steroid dienone is 2. The number of carbonyl (C=O) groups is 1. The molecule has 0 aromatic rings. The fraction of sp³-hybridized carbons (Fsp3) is 0.750. The first kappa shape index (κ1) is 12.4. The minimum atomic E-state index is 0.127. The largest absolute Gasteiger partial charge is 0.294 e. The second kappa shape index (κ2) is 5.21. The molecule has 0 rings (SSSR count). The van der Waals surface area contributed by atoms with Gasteiger partial charge in [0, 0.05) is 5.92 Å². The molecule has 0 radical (unpaired) electrons. The van der Waals surface area contributed by atoms with Crippen molar-refractivity contribution in [3.8, 4) is 0 Å². The van der Waals surface area contributed by atoms with Gasteiger partial charge in [-0.05, 0) is 31.8 Å². The summed E-state index contributed by atoms with van der Waals surface area (Å²) in [5.74, 6) is 1.05. The topological polar surface area (TPSA) is 17.1 Å². The minimum Gasteiger partial charge on any atom is -0.294 e. The van der Waals surface area contributed by atoms with E-state index in [1.54, 1.807) is 0 Å². The van der Waals surface area contributed by atoms with Gasteiger partial charge < -0.3 is 0 Å². The van der Waals surface area contributed by atoms with Crippen molar-refractivity contribution < 1.29 is 4.79 Å². The van der Waals surface area contributed by atoms with Crippen LogP contribution in [0.3, 0.4) is 0 Å². The molecule has 13 heavy (non-hydrogen) atoms. The highest BCUT2D eigenvalue weighted by molar-refractivity contribution is 5.96. The summed E-state index contributed by atoms with van der Waals surface area (Å²) < 4.78 is 0. The summed E-state index contributed by atoms with van der Waals surface area (Å²) >= 11 is 0. The highest BCUT2D eigenvalue weighted by Crippen LogP contribution is 2.17. The SMILES string of the molecule is CC(CC(C)C)=C(C)C(=O)C(C)C. The quantitative estimate of drug-likeness (QED) is 0.607. The van der Waals surface area contributed by atoms with Crippen molar-refractivity contribution in [3.63, 3.8) is 0 Å². The molecule has 1 nitrogen and oxygen atoms in total. The lowest BCUT2D eigenvalue weighted by Crippen LogP contribution is -2.10. The van der Waals surface area contributed by atoms with Gasteiger partial charge in [-0.15, -0.1) is 0 Å². The van der Waals surface area contributed by atoms with E-state index in [9.17, 15) is 4.79 Å². The van der Waals surface area contributed by atoms with Crippen molar-refractivity contribution in [3.05, 3.63) is 11.1 Å². The molecular formula is C12H22O. The lowest BCUT2D eigenvalue weighted by Gasteiger charge is -2.11. The van der Waals surface area contributed by atoms with Crippen LogP contribution in [-0.4, -0.2) is 5.78 Å². The highest BCUT2D eigenvalue weighted by atomic mass is 16.1. The molecule has 0 fully saturated rings. The molecule has 0 saturated heterocycles. The Morgan fingerprint density at radius 3 is 1.85 bits per heavy atom. The molecule has 0 heterocycles. The van der Waals surface area contributed by atoms with Gasteiger partial charge in [-0.25, -0.2) is 0 Å². The Labute approximate surface area is 82.2 Å². The summed E-state index contributed by atoms with van der Waals surface area (Å²) in [5, 5.41) is 0. The van der Waals surface area contributed by atoms with E-state index in [1.807, 2.05) is 20.8 Å². The Morgan fingerprint density at radius 2 is 1.54 bits per heavy atom. The molecule has 1 heteroatoms. The van der Waals surface area contributed by atoms with Gasteiger partial charge in [0.1, 0.15) is 0 Å². The highest BCUT2D eigenvalue weighted by Gasteiger charge is 2.12. The van der Waals surface area contributed by atoms with Gasteiger partial charge in [-0.3, -0.25) is 4.79 Å². The zero-order valence-electron chi connectivity index (χ0n) is 9.77. The first-order valence-electron chi connectivity index (χ1n) is 5.06. The van der Waals surface area contributed by atoms with Gasteiger partial charge in [0.2, 0.25) is 0 Å². The molecule has 0 unspecified atom stereocenters. The van der Waals surface area contributed by atoms with E-state index in [0.29, 0.717) is 5.92 Å². The van der Waals surface area contributed by atoms with E-state index in [0.717, 1.165) is 12.0 Å². The monoisotopic (exact) mass is 182 g/mol. The average Bonchev–Trinajstić information content (AvgIpc) is 2.00. The van der Waals surface area contributed by atoms with Crippen LogP contribution in [0, 0.1) is 11.8 Å². The predicted octanol–water partition coefficient (Wildman–Crippen LogP) is 3.59. The second-order valence-corrected chi connectivity index (χ2v) is 4.52. The number of rotatable bonds is 4. The maximum atomic E-state index is 11.6. The number of hydrogen-bond acceptors (Lipinski definition) is 1. The molecule has 0 atom stereocenters. The summed E-state index contributed by atoms with van der Waals surface area (Å²) in [7, 11) is 0. The van der Waals surface area contributed by atoms with Crippen LogP contribution in [-0.2, 0) is 4.79 Å². The smallest absolute Gasteiger partial charge is 0.161 e. The first-order chi connectivity index (χ1) is 5.86. The molecular weight excluding hydrogens is 160 g/mol. The van der Waals surface area contributed by atoms with Crippen molar-refractivity contribution in [1.82, 2.24) is 0 Å². The molecule has 0 bridgehead atoms. The van der Waals surface area contributed by atoms with E-state index < -0.39 is 0 Å². The molecule has 0 saturated carbocycles. The Kier molecular flexibility index (Phi) is 4.97. The number of hydrogen-bond donors (Lipinski definition) is 0. The summed E-state index contributed by atoms with van der Waals surface area (Å²) in [4.78, 5) is 11.6. The van der Waals surface area contributed by atoms with Gasteiger partial charge >= 0.3 is 0 Å². The van der Waals surface area contributed by atoms with Crippen LogP contribution in [0.2, 0.25) is 0 Å². The third-order valence-electron chi connectivity index (χ3n) is 2.25. The average molecular weight is 182 g/mol. The van der Waals surface area contributed by atoms with Gasteiger partial charge in [0.25, 0.3) is 0 Å². The summed E-state index contributed by atoms with van der Waals surface area (Å²) in [5.41, 5.74) is 2.21. The lowest BCUT2D eigenvalue weighted by molar-refractivity contribution is -0.118. The molecule has 0 aliphatic rings.